The Morgan fingerprint density at radius 3 is 1.77 bits per heavy atom. The van der Waals surface area contributed by atoms with Crippen LogP contribution in [0.2, 0.25) is 0 Å². The van der Waals surface area contributed by atoms with E-state index in [-0.39, 0.29) is 11.4 Å². The predicted molar refractivity (Wildman–Crippen MR) is 151 cm³/mol. The molecule has 0 heterocycles. The summed E-state index contributed by atoms with van der Waals surface area (Å²) < 4.78 is 5.46. The number of allylic oxidation sites excluding steroid dienone is 2. The number of carbonyl (C=O) groups excluding carboxylic acids is 1. The molecule has 1 aliphatic rings. The number of ether oxygens (including phenoxy) is 1. The molecule has 3 heteroatoms. The first-order valence-corrected chi connectivity index (χ1v) is 14.9. The number of esters is 1. The second kappa shape index (κ2) is 18.2. The molecule has 0 saturated carbocycles. The highest BCUT2D eigenvalue weighted by molar-refractivity contribution is 5.69. The van der Waals surface area contributed by atoms with E-state index in [1.54, 1.807) is 0 Å². The van der Waals surface area contributed by atoms with Gasteiger partial charge in [0.05, 0.1) is 12.2 Å². The molecule has 204 valence electrons. The Labute approximate surface area is 218 Å². The monoisotopic (exact) mass is 490 g/mol. The standard InChI is InChI=1S/C32H58O3/c1-6-7-8-9-10-11-12-13-14-15-16-17-18-19-20-21-24-35-30(33)23-22-28-25-29(31(2,3)4)27-32(5,34)26-28/h25,27,34H,6-24,26H2,1-5H3. The van der Waals surface area contributed by atoms with E-state index < -0.39 is 5.60 Å². The zero-order valence-corrected chi connectivity index (χ0v) is 24.1. The third kappa shape index (κ3) is 17.1. The molecule has 0 aromatic carbocycles. The fraction of sp³-hybridized carbons (Fsp3) is 0.844. The van der Waals surface area contributed by atoms with Gasteiger partial charge in [0.25, 0.3) is 0 Å². The molecule has 0 aliphatic heterocycles. The van der Waals surface area contributed by atoms with Gasteiger partial charge in [0, 0.05) is 12.8 Å². The van der Waals surface area contributed by atoms with Gasteiger partial charge in [-0.25, -0.2) is 0 Å². The van der Waals surface area contributed by atoms with E-state index in [4.69, 9.17) is 4.74 Å². The maximum absolute atomic E-state index is 12.2. The fourth-order valence-corrected chi connectivity index (χ4v) is 4.92. The van der Waals surface area contributed by atoms with Crippen LogP contribution in [0.4, 0.5) is 0 Å². The summed E-state index contributed by atoms with van der Waals surface area (Å²) in [5, 5.41) is 10.6. The van der Waals surface area contributed by atoms with Crippen LogP contribution in [0.15, 0.2) is 23.3 Å². The van der Waals surface area contributed by atoms with E-state index in [9.17, 15) is 9.90 Å². The highest BCUT2D eigenvalue weighted by Crippen LogP contribution is 2.36. The molecule has 0 amide bonds. The van der Waals surface area contributed by atoms with Crippen LogP contribution in [0.1, 0.15) is 157 Å². The van der Waals surface area contributed by atoms with Crippen molar-refractivity contribution >= 4 is 5.97 Å². The normalized spacial score (nSPS) is 18.3. The Balaban J connectivity index is 1.95. The van der Waals surface area contributed by atoms with Gasteiger partial charge in [-0.05, 0) is 36.8 Å². The Kier molecular flexibility index (Phi) is 16.6. The minimum Gasteiger partial charge on any atom is -0.466 e. The summed E-state index contributed by atoms with van der Waals surface area (Å²) in [4.78, 5) is 12.2. The lowest BCUT2D eigenvalue weighted by atomic mass is 9.77. The molecule has 0 bridgehead atoms. The SMILES string of the molecule is CCCCCCCCCCCCCCCCCCOC(=O)CCC1=CC(C(C)(C)C)=CC(C)(O)C1. The van der Waals surface area contributed by atoms with E-state index in [0.29, 0.717) is 25.9 Å². The van der Waals surface area contributed by atoms with Gasteiger partial charge in [-0.1, -0.05) is 136 Å². The van der Waals surface area contributed by atoms with Gasteiger partial charge in [0.15, 0.2) is 0 Å². The molecule has 0 aromatic rings. The highest BCUT2D eigenvalue weighted by Gasteiger charge is 2.28. The van der Waals surface area contributed by atoms with E-state index in [0.717, 1.165) is 24.0 Å². The van der Waals surface area contributed by atoms with E-state index in [1.165, 1.54) is 89.9 Å². The van der Waals surface area contributed by atoms with Gasteiger partial charge in [-0.3, -0.25) is 4.79 Å². The van der Waals surface area contributed by atoms with Crippen LogP contribution in [0, 0.1) is 5.41 Å². The lowest BCUT2D eigenvalue weighted by Gasteiger charge is -2.32. The van der Waals surface area contributed by atoms with E-state index in [2.05, 4.69) is 33.8 Å². The number of rotatable bonds is 20. The van der Waals surface area contributed by atoms with Crippen LogP contribution in [0.3, 0.4) is 0 Å². The summed E-state index contributed by atoms with van der Waals surface area (Å²) in [6.45, 7) is 11.1. The Morgan fingerprint density at radius 2 is 1.31 bits per heavy atom. The summed E-state index contributed by atoms with van der Waals surface area (Å²) in [6, 6.07) is 0. The van der Waals surface area contributed by atoms with Gasteiger partial charge in [-0.2, -0.15) is 0 Å². The minimum atomic E-state index is -0.829. The molecular formula is C32H58O3. The first-order valence-electron chi connectivity index (χ1n) is 14.9. The molecule has 1 N–H and O–H groups in total. The van der Waals surface area contributed by atoms with Gasteiger partial charge in [0.1, 0.15) is 0 Å². The number of unbranched alkanes of at least 4 members (excludes halogenated alkanes) is 15. The molecule has 35 heavy (non-hydrogen) atoms. The molecule has 1 atom stereocenters. The molecule has 0 radical (unpaired) electrons. The zero-order valence-electron chi connectivity index (χ0n) is 24.1. The Morgan fingerprint density at radius 1 is 0.857 bits per heavy atom. The van der Waals surface area contributed by atoms with Crippen molar-refractivity contribution in [2.75, 3.05) is 6.61 Å². The van der Waals surface area contributed by atoms with Crippen molar-refractivity contribution in [3.63, 3.8) is 0 Å². The van der Waals surface area contributed by atoms with Crippen molar-refractivity contribution in [3.8, 4) is 0 Å². The van der Waals surface area contributed by atoms with Crippen LogP contribution in [-0.2, 0) is 9.53 Å². The molecule has 0 spiro atoms. The number of hydrogen-bond acceptors (Lipinski definition) is 3. The molecule has 0 saturated heterocycles. The maximum Gasteiger partial charge on any atom is 0.306 e. The first kappa shape index (κ1) is 31.9. The van der Waals surface area contributed by atoms with Crippen LogP contribution in [0.25, 0.3) is 0 Å². The van der Waals surface area contributed by atoms with Gasteiger partial charge >= 0.3 is 5.97 Å². The number of hydrogen-bond donors (Lipinski definition) is 1. The molecule has 1 rings (SSSR count). The van der Waals surface area contributed by atoms with Crippen molar-refractivity contribution in [3.05, 3.63) is 23.3 Å². The predicted octanol–water partition coefficient (Wildman–Crippen LogP) is 9.62. The smallest absolute Gasteiger partial charge is 0.306 e. The molecular weight excluding hydrogens is 432 g/mol. The van der Waals surface area contributed by atoms with Crippen molar-refractivity contribution in [1.29, 1.82) is 0 Å². The van der Waals surface area contributed by atoms with Crippen molar-refractivity contribution < 1.29 is 14.6 Å². The summed E-state index contributed by atoms with van der Waals surface area (Å²) in [5.74, 6) is -0.113. The van der Waals surface area contributed by atoms with Crippen LogP contribution in [-0.4, -0.2) is 23.3 Å². The molecule has 0 fully saturated rings. The van der Waals surface area contributed by atoms with Gasteiger partial charge < -0.3 is 9.84 Å². The quantitative estimate of drug-likeness (QED) is 0.136. The molecule has 1 unspecified atom stereocenters. The average molecular weight is 491 g/mol. The van der Waals surface area contributed by atoms with Crippen molar-refractivity contribution in [2.45, 2.75) is 162 Å². The summed E-state index contributed by atoms with van der Waals surface area (Å²) >= 11 is 0. The minimum absolute atomic E-state index is 0.0105. The lowest BCUT2D eigenvalue weighted by Crippen LogP contribution is -2.27. The highest BCUT2D eigenvalue weighted by atomic mass is 16.5. The van der Waals surface area contributed by atoms with Crippen LogP contribution < -0.4 is 0 Å². The maximum atomic E-state index is 12.2. The molecule has 0 aromatic heterocycles. The second-order valence-electron chi connectivity index (χ2n) is 12.2. The topological polar surface area (TPSA) is 46.5 Å². The molecule has 1 aliphatic carbocycles. The number of aliphatic hydroxyl groups is 1. The largest absolute Gasteiger partial charge is 0.466 e. The fourth-order valence-electron chi connectivity index (χ4n) is 4.92. The average Bonchev–Trinajstić information content (AvgIpc) is 2.78. The number of carbonyl (C=O) groups is 1. The van der Waals surface area contributed by atoms with Crippen molar-refractivity contribution in [2.24, 2.45) is 5.41 Å². The van der Waals surface area contributed by atoms with E-state index in [1.807, 2.05) is 13.0 Å². The van der Waals surface area contributed by atoms with Crippen LogP contribution in [0.5, 0.6) is 0 Å². The Bertz CT molecular complexity index is 621. The summed E-state index contributed by atoms with van der Waals surface area (Å²) in [5.41, 5.74) is 1.44. The third-order valence-corrected chi connectivity index (χ3v) is 7.19. The second-order valence-corrected chi connectivity index (χ2v) is 12.2. The summed E-state index contributed by atoms with van der Waals surface area (Å²) in [7, 11) is 0. The van der Waals surface area contributed by atoms with Gasteiger partial charge in [-0.15, -0.1) is 0 Å². The van der Waals surface area contributed by atoms with E-state index >= 15 is 0 Å². The molecule has 3 nitrogen and oxygen atoms in total. The van der Waals surface area contributed by atoms with Gasteiger partial charge in [0.2, 0.25) is 0 Å². The zero-order chi connectivity index (χ0) is 26.0. The van der Waals surface area contributed by atoms with Crippen molar-refractivity contribution in [1.82, 2.24) is 0 Å². The van der Waals surface area contributed by atoms with Crippen LogP contribution >= 0.6 is 0 Å². The third-order valence-electron chi connectivity index (χ3n) is 7.19. The first-order chi connectivity index (χ1) is 16.6. The lowest BCUT2D eigenvalue weighted by molar-refractivity contribution is -0.143. The Hall–Kier alpha value is -1.09. The summed E-state index contributed by atoms with van der Waals surface area (Å²) in [6.07, 6.45) is 27.3.